The molecule has 0 aliphatic carbocycles. The molecule has 0 saturated heterocycles. The second-order valence-corrected chi connectivity index (χ2v) is 7.29. The van der Waals surface area contributed by atoms with Crippen LogP contribution in [0.3, 0.4) is 0 Å². The van der Waals surface area contributed by atoms with Crippen LogP contribution < -0.4 is 21.2 Å². The summed E-state index contributed by atoms with van der Waals surface area (Å²) in [6.07, 6.45) is 3.06. The van der Waals surface area contributed by atoms with Crippen LogP contribution in [0.4, 0.5) is 0 Å². The van der Waals surface area contributed by atoms with E-state index in [9.17, 15) is 19.5 Å². The van der Waals surface area contributed by atoms with E-state index in [4.69, 9.17) is 9.15 Å². The lowest BCUT2D eigenvalue weighted by Gasteiger charge is -2.04. The number of aromatic nitrogens is 2. The second kappa shape index (κ2) is 9.33. The van der Waals surface area contributed by atoms with Crippen molar-refractivity contribution in [3.63, 3.8) is 0 Å². The van der Waals surface area contributed by atoms with E-state index in [-0.39, 0.29) is 17.7 Å². The van der Waals surface area contributed by atoms with Gasteiger partial charge in [0.05, 0.1) is 27.8 Å². The Morgan fingerprint density at radius 3 is 2.35 bits per heavy atom. The second-order valence-electron chi connectivity index (χ2n) is 7.29. The summed E-state index contributed by atoms with van der Waals surface area (Å²) >= 11 is 0. The molecule has 0 saturated carbocycles. The van der Waals surface area contributed by atoms with Gasteiger partial charge >= 0.3 is 5.97 Å². The topological polar surface area (TPSA) is 117 Å². The molecule has 0 unspecified atom stereocenters. The molecule has 34 heavy (non-hydrogen) atoms. The van der Waals surface area contributed by atoms with Gasteiger partial charge in [-0.25, -0.2) is 9.48 Å². The molecule has 0 radical (unpaired) electrons. The summed E-state index contributed by atoms with van der Waals surface area (Å²) in [7, 11) is 0. The van der Waals surface area contributed by atoms with E-state index < -0.39 is 11.9 Å². The molecule has 8 heteroatoms. The van der Waals surface area contributed by atoms with Gasteiger partial charge < -0.3 is 19.1 Å². The van der Waals surface area contributed by atoms with E-state index in [0.717, 1.165) is 5.56 Å². The average Bonchev–Trinajstić information content (AvgIpc) is 3.43. The summed E-state index contributed by atoms with van der Waals surface area (Å²) in [6.45, 7) is 7.52. The third-order valence-electron chi connectivity index (χ3n) is 5.02. The maximum atomic E-state index is 12.9. The van der Waals surface area contributed by atoms with E-state index in [2.05, 4.69) is 18.3 Å². The van der Waals surface area contributed by atoms with Gasteiger partial charge in [-0.05, 0) is 48.0 Å². The van der Waals surface area contributed by atoms with Gasteiger partial charge in [-0.15, -0.1) is 0 Å². The fraction of sp³-hybridized carbons (Fsp3) is 0.0385. The third kappa shape index (κ3) is 4.51. The predicted molar refractivity (Wildman–Crippen MR) is 124 cm³/mol. The van der Waals surface area contributed by atoms with Gasteiger partial charge in [0, 0.05) is 5.56 Å². The number of aromatic carboxylic acids is 1. The first-order valence-electron chi connectivity index (χ1n) is 10.2. The van der Waals surface area contributed by atoms with Crippen LogP contribution in [0.5, 0.6) is 0 Å². The minimum absolute atomic E-state index is 0.00907. The number of rotatable bonds is 7. The largest absolute Gasteiger partial charge is 0.545 e. The zero-order valence-electron chi connectivity index (χ0n) is 17.9. The quantitative estimate of drug-likeness (QED) is 0.332. The van der Waals surface area contributed by atoms with Crippen molar-refractivity contribution >= 4 is 24.6 Å². The molecule has 2 aromatic carbocycles. The lowest BCUT2D eigenvalue weighted by Crippen LogP contribution is -2.33. The van der Waals surface area contributed by atoms with Crippen LogP contribution in [0.2, 0.25) is 0 Å². The number of furan rings is 1. The smallest absolute Gasteiger partial charge is 0.338 e. The van der Waals surface area contributed by atoms with E-state index in [1.54, 1.807) is 42.5 Å². The number of esters is 1. The Labute approximate surface area is 193 Å². The lowest BCUT2D eigenvalue weighted by atomic mass is 10.1. The maximum absolute atomic E-state index is 12.9. The number of carbonyl (C=O) groups excluding carboxylic acids is 2. The third-order valence-corrected chi connectivity index (χ3v) is 5.02. The molecule has 4 aromatic rings. The normalized spacial score (nSPS) is 11.4. The van der Waals surface area contributed by atoms with Crippen molar-refractivity contribution < 1.29 is 23.8 Å². The number of carboxylic acids is 1. The molecule has 8 nitrogen and oxygen atoms in total. The molecular weight excluding hydrogens is 436 g/mol. The number of hydrogen-bond acceptors (Lipinski definition) is 6. The zero-order valence-corrected chi connectivity index (χ0v) is 17.9. The first-order valence-corrected chi connectivity index (χ1v) is 10.2. The SMILES string of the molecule is C=CCOC(=O)c1ccc(-c2ccc(/C=c3\c(=C)[nH]n(-c4ccc(C(=O)[O-])cc4)c3=O)o2)cc1. The Kier molecular flexibility index (Phi) is 6.13. The molecule has 4 rings (SSSR count). The highest BCUT2D eigenvalue weighted by atomic mass is 16.5. The Morgan fingerprint density at radius 1 is 1.03 bits per heavy atom. The van der Waals surface area contributed by atoms with Gasteiger partial charge in [-0.2, -0.15) is 0 Å². The summed E-state index contributed by atoms with van der Waals surface area (Å²) in [5.74, 6) is -0.754. The fourth-order valence-electron chi connectivity index (χ4n) is 3.29. The molecule has 0 spiro atoms. The molecule has 170 valence electrons. The maximum Gasteiger partial charge on any atom is 0.338 e. The van der Waals surface area contributed by atoms with Crippen LogP contribution in [0.15, 0.2) is 82.5 Å². The lowest BCUT2D eigenvalue weighted by molar-refractivity contribution is -0.255. The van der Waals surface area contributed by atoms with Crippen molar-refractivity contribution in [2.45, 2.75) is 0 Å². The summed E-state index contributed by atoms with van der Waals surface area (Å²) in [5.41, 5.74) is 1.24. The monoisotopic (exact) mass is 455 g/mol. The fourth-order valence-corrected chi connectivity index (χ4v) is 3.29. The molecular formula is C26H19N2O6-. The number of nitrogens with zero attached hydrogens (tertiary/aromatic N) is 1. The number of ether oxygens (including phenoxy) is 1. The minimum atomic E-state index is -1.30. The number of hydrogen-bond donors (Lipinski definition) is 1. The van der Waals surface area contributed by atoms with Crippen LogP contribution in [-0.2, 0) is 4.74 Å². The minimum Gasteiger partial charge on any atom is -0.545 e. The van der Waals surface area contributed by atoms with Gasteiger partial charge in [0.2, 0.25) is 0 Å². The van der Waals surface area contributed by atoms with E-state index in [1.807, 2.05) is 0 Å². The highest BCUT2D eigenvalue weighted by Crippen LogP contribution is 2.23. The van der Waals surface area contributed by atoms with Gasteiger partial charge in [0.1, 0.15) is 18.1 Å². The zero-order chi connectivity index (χ0) is 24.2. The Balaban J connectivity index is 1.61. The standard InChI is InChI=1S/C26H20N2O6/c1-3-14-33-26(32)19-6-4-17(5-7-19)23-13-12-21(34-23)15-22-16(2)27-28(24(22)29)20-10-8-18(9-11-20)25(30)31/h3-13,15,27H,1-2,14H2,(H,30,31)/p-1/b22-15+. The Hall–Kier alpha value is -4.85. The van der Waals surface area contributed by atoms with Crippen LogP contribution in [0.25, 0.3) is 29.7 Å². The van der Waals surface area contributed by atoms with Crippen molar-refractivity contribution in [3.05, 3.63) is 111 Å². The molecule has 2 aromatic heterocycles. The van der Waals surface area contributed by atoms with Gasteiger partial charge in [-0.1, -0.05) is 43.5 Å². The van der Waals surface area contributed by atoms with Crippen LogP contribution in [-0.4, -0.2) is 28.3 Å². The van der Waals surface area contributed by atoms with Crippen LogP contribution >= 0.6 is 0 Å². The molecule has 0 bridgehead atoms. The van der Waals surface area contributed by atoms with Crippen molar-refractivity contribution in [2.75, 3.05) is 6.61 Å². The highest BCUT2D eigenvalue weighted by Gasteiger charge is 2.10. The molecule has 0 aliphatic heterocycles. The number of carbonyl (C=O) groups is 2. The molecule has 0 amide bonds. The van der Waals surface area contributed by atoms with Crippen LogP contribution in [0.1, 0.15) is 26.5 Å². The first kappa shape index (κ1) is 22.3. The molecule has 0 atom stereocenters. The van der Waals surface area contributed by atoms with Crippen molar-refractivity contribution in [3.8, 4) is 17.0 Å². The first-order chi connectivity index (χ1) is 16.4. The average molecular weight is 455 g/mol. The van der Waals surface area contributed by atoms with Crippen LogP contribution in [0, 0.1) is 0 Å². The summed E-state index contributed by atoms with van der Waals surface area (Å²) < 4.78 is 12.1. The highest BCUT2D eigenvalue weighted by molar-refractivity contribution is 5.90. The molecule has 2 heterocycles. The number of aromatic amines is 1. The van der Waals surface area contributed by atoms with Crippen molar-refractivity contribution in [1.82, 2.24) is 9.78 Å². The van der Waals surface area contributed by atoms with Gasteiger partial charge in [0.25, 0.3) is 5.56 Å². The predicted octanol–water partition coefficient (Wildman–Crippen LogP) is 1.37. The number of benzene rings is 2. The Morgan fingerprint density at radius 2 is 1.71 bits per heavy atom. The van der Waals surface area contributed by atoms with E-state index in [0.29, 0.717) is 33.3 Å². The molecule has 1 N–H and O–H groups in total. The molecule has 0 fully saturated rings. The summed E-state index contributed by atoms with van der Waals surface area (Å²) in [4.78, 5) is 35.7. The summed E-state index contributed by atoms with van der Waals surface area (Å²) in [6, 6.07) is 15.9. The number of H-pyrrole nitrogens is 1. The molecule has 0 aliphatic rings. The van der Waals surface area contributed by atoms with Crippen molar-refractivity contribution in [1.29, 1.82) is 0 Å². The van der Waals surface area contributed by atoms with Gasteiger partial charge in [0.15, 0.2) is 0 Å². The summed E-state index contributed by atoms with van der Waals surface area (Å²) in [5, 5.41) is 14.5. The Bertz CT molecular complexity index is 1540. The van der Waals surface area contributed by atoms with Crippen molar-refractivity contribution in [2.24, 2.45) is 0 Å². The van der Waals surface area contributed by atoms with Gasteiger partial charge in [-0.3, -0.25) is 9.89 Å². The van der Waals surface area contributed by atoms with E-state index >= 15 is 0 Å². The number of carboxylic acid groups (broad SMARTS) is 1. The van der Waals surface area contributed by atoms with E-state index in [1.165, 1.54) is 35.0 Å². The number of nitrogens with one attached hydrogen (secondary N) is 1.